The van der Waals surface area contributed by atoms with Crippen LogP contribution in [-0.2, 0) is 21.6 Å². The van der Waals surface area contributed by atoms with Crippen molar-refractivity contribution in [1.82, 2.24) is 9.80 Å². The number of hydrogen-bond donors (Lipinski definition) is 0. The van der Waals surface area contributed by atoms with Crippen LogP contribution < -0.4 is 0 Å². The van der Waals surface area contributed by atoms with Crippen molar-refractivity contribution in [2.24, 2.45) is 0 Å². The second-order valence-corrected chi connectivity index (χ2v) is 7.19. The first-order chi connectivity index (χ1) is 13.7. The quantitative estimate of drug-likeness (QED) is 0.810. The van der Waals surface area contributed by atoms with E-state index >= 15 is 0 Å². The summed E-state index contributed by atoms with van der Waals surface area (Å²) < 4.78 is 10.7. The summed E-state index contributed by atoms with van der Waals surface area (Å²) in [6.45, 7) is 2.32. The molecule has 2 saturated heterocycles. The van der Waals surface area contributed by atoms with Crippen molar-refractivity contribution < 1.29 is 19.1 Å². The summed E-state index contributed by atoms with van der Waals surface area (Å²) in [5, 5.41) is 0. The van der Waals surface area contributed by atoms with Crippen molar-refractivity contribution >= 4 is 12.2 Å². The highest BCUT2D eigenvalue weighted by Gasteiger charge is 2.47. The number of carbonyl (C=O) groups excluding carboxylic acids is 2. The monoisotopic (exact) mass is 380 g/mol. The lowest BCUT2D eigenvalue weighted by atomic mass is 9.79. The average Bonchev–Trinajstić information content (AvgIpc) is 3.20. The second kappa shape index (κ2) is 7.92. The van der Waals surface area contributed by atoms with Crippen LogP contribution >= 0.6 is 0 Å². The highest BCUT2D eigenvalue weighted by atomic mass is 16.6. The molecule has 0 bridgehead atoms. The van der Waals surface area contributed by atoms with Gasteiger partial charge in [0, 0.05) is 13.1 Å². The minimum absolute atomic E-state index is 0.262. The number of rotatable bonds is 4. The Morgan fingerprint density at radius 1 is 0.964 bits per heavy atom. The number of carbonyl (C=O) groups is 2. The van der Waals surface area contributed by atoms with Crippen LogP contribution in [0.1, 0.15) is 24.0 Å². The standard InChI is InChI=1S/C22H24N2O4/c25-20(28-17-18-7-3-1-4-8-18)23-13-11-22(12-14-23,19-9-5-2-6-10-19)24-15-16-27-21(24)26/h1-10H,11-17H2. The van der Waals surface area contributed by atoms with Gasteiger partial charge in [0.05, 0.1) is 12.1 Å². The maximum atomic E-state index is 12.5. The summed E-state index contributed by atoms with van der Waals surface area (Å²) in [5.74, 6) is 0. The fourth-order valence-corrected chi connectivity index (χ4v) is 4.11. The molecule has 28 heavy (non-hydrogen) atoms. The fourth-order valence-electron chi connectivity index (χ4n) is 4.11. The topological polar surface area (TPSA) is 59.1 Å². The Balaban J connectivity index is 1.45. The molecule has 0 N–H and O–H groups in total. The fraction of sp³-hybridized carbons (Fsp3) is 0.364. The van der Waals surface area contributed by atoms with Gasteiger partial charge in [-0.25, -0.2) is 9.59 Å². The van der Waals surface area contributed by atoms with Crippen LogP contribution in [-0.4, -0.2) is 48.2 Å². The Hall–Kier alpha value is -3.02. The van der Waals surface area contributed by atoms with E-state index < -0.39 is 5.54 Å². The van der Waals surface area contributed by atoms with Crippen LogP contribution in [0.4, 0.5) is 9.59 Å². The van der Waals surface area contributed by atoms with Gasteiger partial charge in [-0.15, -0.1) is 0 Å². The summed E-state index contributed by atoms with van der Waals surface area (Å²) in [7, 11) is 0. The minimum Gasteiger partial charge on any atom is -0.448 e. The van der Waals surface area contributed by atoms with Gasteiger partial charge in [-0.1, -0.05) is 60.7 Å². The number of piperidine rings is 1. The average molecular weight is 380 g/mol. The molecule has 0 saturated carbocycles. The van der Waals surface area contributed by atoms with Crippen molar-refractivity contribution in [2.45, 2.75) is 25.0 Å². The van der Waals surface area contributed by atoms with Crippen molar-refractivity contribution in [3.8, 4) is 0 Å². The molecule has 4 rings (SSSR count). The Kier molecular flexibility index (Phi) is 5.19. The lowest BCUT2D eigenvalue weighted by Gasteiger charge is -2.46. The first-order valence-electron chi connectivity index (χ1n) is 9.65. The first kappa shape index (κ1) is 18.3. The number of hydrogen-bond acceptors (Lipinski definition) is 4. The van der Waals surface area contributed by atoms with E-state index in [1.54, 1.807) is 4.90 Å². The van der Waals surface area contributed by atoms with Crippen LogP contribution in [0.25, 0.3) is 0 Å². The van der Waals surface area contributed by atoms with Crippen molar-refractivity contribution in [2.75, 3.05) is 26.2 Å². The zero-order valence-electron chi connectivity index (χ0n) is 15.8. The normalized spacial score (nSPS) is 18.6. The lowest BCUT2D eigenvalue weighted by Crippen LogP contribution is -2.54. The zero-order chi connectivity index (χ0) is 19.4. The van der Waals surface area contributed by atoms with Gasteiger partial charge in [0.25, 0.3) is 0 Å². The van der Waals surface area contributed by atoms with Crippen molar-refractivity contribution in [1.29, 1.82) is 0 Å². The molecule has 0 spiro atoms. The molecule has 2 aliphatic heterocycles. The lowest BCUT2D eigenvalue weighted by molar-refractivity contribution is 0.0366. The van der Waals surface area contributed by atoms with Crippen LogP contribution in [0.2, 0.25) is 0 Å². The Morgan fingerprint density at radius 2 is 1.61 bits per heavy atom. The molecule has 146 valence electrons. The summed E-state index contributed by atoms with van der Waals surface area (Å²) in [4.78, 5) is 28.4. The minimum atomic E-state index is -0.439. The number of likely N-dealkylation sites (tertiary alicyclic amines) is 1. The predicted octanol–water partition coefficient (Wildman–Crippen LogP) is 3.77. The largest absolute Gasteiger partial charge is 0.448 e. The van der Waals surface area contributed by atoms with Gasteiger partial charge in [-0.3, -0.25) is 4.90 Å². The summed E-state index contributed by atoms with van der Waals surface area (Å²) in [6, 6.07) is 19.7. The molecule has 2 aromatic rings. The zero-order valence-corrected chi connectivity index (χ0v) is 15.8. The predicted molar refractivity (Wildman–Crippen MR) is 104 cm³/mol. The Labute approximate surface area is 164 Å². The SMILES string of the molecule is O=C(OCc1ccccc1)N1CCC(c2ccccc2)(N2CCOC2=O)CC1. The van der Waals surface area contributed by atoms with Gasteiger partial charge in [-0.05, 0) is 24.0 Å². The molecule has 2 aliphatic rings. The van der Waals surface area contributed by atoms with E-state index in [1.165, 1.54) is 0 Å². The van der Waals surface area contributed by atoms with Gasteiger partial charge in [0.1, 0.15) is 13.2 Å². The van der Waals surface area contributed by atoms with Crippen LogP contribution in [0.15, 0.2) is 60.7 Å². The molecular weight excluding hydrogens is 356 g/mol. The van der Waals surface area contributed by atoms with E-state index in [-0.39, 0.29) is 18.8 Å². The highest BCUT2D eigenvalue weighted by Crippen LogP contribution is 2.40. The molecule has 2 aromatic carbocycles. The van der Waals surface area contributed by atoms with Crippen LogP contribution in [0.5, 0.6) is 0 Å². The number of nitrogens with zero attached hydrogens (tertiary/aromatic N) is 2. The molecule has 0 atom stereocenters. The number of cyclic esters (lactones) is 1. The molecule has 6 heteroatoms. The van der Waals surface area contributed by atoms with E-state index in [9.17, 15) is 9.59 Å². The van der Waals surface area contributed by atoms with E-state index in [0.717, 1.165) is 11.1 Å². The molecule has 2 amide bonds. The molecule has 2 heterocycles. The molecular formula is C22H24N2O4. The maximum Gasteiger partial charge on any atom is 0.410 e. The van der Waals surface area contributed by atoms with E-state index in [4.69, 9.17) is 9.47 Å². The van der Waals surface area contributed by atoms with E-state index in [2.05, 4.69) is 12.1 Å². The maximum absolute atomic E-state index is 12.5. The number of ether oxygens (including phenoxy) is 2. The number of benzene rings is 2. The van der Waals surface area contributed by atoms with Gasteiger partial charge in [0.15, 0.2) is 0 Å². The molecule has 0 radical (unpaired) electrons. The third-order valence-electron chi connectivity index (χ3n) is 5.64. The van der Waals surface area contributed by atoms with Gasteiger partial charge >= 0.3 is 12.2 Å². The molecule has 6 nitrogen and oxygen atoms in total. The van der Waals surface area contributed by atoms with Crippen LogP contribution in [0.3, 0.4) is 0 Å². The van der Waals surface area contributed by atoms with Crippen molar-refractivity contribution in [3.05, 3.63) is 71.8 Å². The third kappa shape index (κ3) is 3.54. The Morgan fingerprint density at radius 3 is 2.21 bits per heavy atom. The first-order valence-corrected chi connectivity index (χ1v) is 9.65. The van der Waals surface area contributed by atoms with E-state index in [0.29, 0.717) is 39.1 Å². The van der Waals surface area contributed by atoms with Crippen LogP contribution in [0, 0.1) is 0 Å². The smallest absolute Gasteiger partial charge is 0.410 e. The summed E-state index contributed by atoms with van der Waals surface area (Å²) >= 11 is 0. The third-order valence-corrected chi connectivity index (χ3v) is 5.64. The molecule has 0 aromatic heterocycles. The molecule has 2 fully saturated rings. The highest BCUT2D eigenvalue weighted by molar-refractivity contribution is 5.71. The Bertz CT molecular complexity index is 817. The van der Waals surface area contributed by atoms with Gasteiger partial charge in [0.2, 0.25) is 0 Å². The van der Waals surface area contributed by atoms with Crippen molar-refractivity contribution in [3.63, 3.8) is 0 Å². The number of amides is 2. The van der Waals surface area contributed by atoms with Gasteiger partial charge < -0.3 is 14.4 Å². The summed E-state index contributed by atoms with van der Waals surface area (Å²) in [6.07, 6.45) is 0.734. The molecule has 0 unspecified atom stereocenters. The summed E-state index contributed by atoms with van der Waals surface area (Å²) in [5.41, 5.74) is 1.61. The molecule has 0 aliphatic carbocycles. The second-order valence-electron chi connectivity index (χ2n) is 7.19. The van der Waals surface area contributed by atoms with E-state index in [1.807, 2.05) is 53.4 Å². The van der Waals surface area contributed by atoms with Gasteiger partial charge in [-0.2, -0.15) is 0 Å².